The maximum Gasteiger partial charge on any atom is 0.187 e. The van der Waals surface area contributed by atoms with Crippen LogP contribution in [0, 0.1) is 25.2 Å². The first-order valence-electron chi connectivity index (χ1n) is 5.69. The van der Waals surface area contributed by atoms with Crippen molar-refractivity contribution in [3.05, 3.63) is 59.0 Å². The Balaban J connectivity index is 2.39. The van der Waals surface area contributed by atoms with Gasteiger partial charge < -0.3 is 4.42 Å². The van der Waals surface area contributed by atoms with Crippen LogP contribution in [0.5, 0.6) is 0 Å². The molecule has 3 heteroatoms. The average Bonchev–Trinajstić information content (AvgIpc) is 2.70. The zero-order valence-corrected chi connectivity index (χ0v) is 10.3. The summed E-state index contributed by atoms with van der Waals surface area (Å²) in [6.45, 7) is 3.52. The zero-order chi connectivity index (χ0) is 13.1. The normalized spacial score (nSPS) is 11.8. The average molecular weight is 239 g/mol. The van der Waals surface area contributed by atoms with E-state index in [1.54, 1.807) is 32.0 Å². The highest BCUT2D eigenvalue weighted by molar-refractivity contribution is 6.03. The molecule has 0 aliphatic carbocycles. The van der Waals surface area contributed by atoms with E-state index in [1.165, 1.54) is 0 Å². The fourth-order valence-electron chi connectivity index (χ4n) is 1.96. The number of ketones is 1. The van der Waals surface area contributed by atoms with Gasteiger partial charge in [0.05, 0.1) is 11.6 Å². The first-order valence-corrected chi connectivity index (χ1v) is 5.69. The lowest BCUT2D eigenvalue weighted by Crippen LogP contribution is -2.11. The summed E-state index contributed by atoms with van der Waals surface area (Å²) >= 11 is 0. The molecule has 2 rings (SSSR count). The highest BCUT2D eigenvalue weighted by Gasteiger charge is 2.24. The monoisotopic (exact) mass is 239 g/mol. The summed E-state index contributed by atoms with van der Waals surface area (Å²) in [5.41, 5.74) is 1.20. The van der Waals surface area contributed by atoms with Crippen molar-refractivity contribution in [3.63, 3.8) is 0 Å². The lowest BCUT2D eigenvalue weighted by Gasteiger charge is -2.07. The molecule has 0 aliphatic rings. The molecule has 0 fully saturated rings. The molecule has 2 aromatic rings. The number of rotatable bonds is 3. The Morgan fingerprint density at radius 3 is 2.44 bits per heavy atom. The molecule has 1 atom stereocenters. The summed E-state index contributed by atoms with van der Waals surface area (Å²) < 4.78 is 5.34. The van der Waals surface area contributed by atoms with E-state index in [0.717, 1.165) is 0 Å². The molecule has 1 aromatic heterocycles. The van der Waals surface area contributed by atoms with Crippen LogP contribution < -0.4 is 0 Å². The van der Waals surface area contributed by atoms with Crippen molar-refractivity contribution in [1.82, 2.24) is 0 Å². The molecule has 0 amide bonds. The van der Waals surface area contributed by atoms with Crippen LogP contribution in [0.1, 0.15) is 33.4 Å². The van der Waals surface area contributed by atoms with Crippen LogP contribution in [0.2, 0.25) is 0 Å². The molecule has 0 aliphatic heterocycles. The van der Waals surface area contributed by atoms with Crippen LogP contribution in [0.4, 0.5) is 0 Å². The molecule has 0 saturated carbocycles. The SMILES string of the molecule is Cc1cc(C(=O)C(C#N)c2ccccc2)c(C)o1. The maximum atomic E-state index is 12.3. The molecular formula is C15H13NO2. The second kappa shape index (κ2) is 4.89. The van der Waals surface area contributed by atoms with Gasteiger partial charge in [-0.25, -0.2) is 0 Å². The van der Waals surface area contributed by atoms with Crippen LogP contribution in [-0.2, 0) is 0 Å². The lowest BCUT2D eigenvalue weighted by atomic mass is 9.92. The number of benzene rings is 1. The quantitative estimate of drug-likeness (QED) is 0.771. The van der Waals surface area contributed by atoms with E-state index in [1.807, 2.05) is 18.2 Å². The van der Waals surface area contributed by atoms with Crippen molar-refractivity contribution in [2.75, 3.05) is 0 Å². The van der Waals surface area contributed by atoms with Gasteiger partial charge in [0.2, 0.25) is 0 Å². The van der Waals surface area contributed by atoms with Gasteiger partial charge in [0.1, 0.15) is 17.4 Å². The van der Waals surface area contributed by atoms with Gasteiger partial charge in [-0.2, -0.15) is 5.26 Å². The lowest BCUT2D eigenvalue weighted by molar-refractivity contribution is 0.0977. The zero-order valence-electron chi connectivity index (χ0n) is 10.3. The smallest absolute Gasteiger partial charge is 0.187 e. The number of nitriles is 1. The molecule has 3 nitrogen and oxygen atoms in total. The maximum absolute atomic E-state index is 12.3. The molecule has 1 aromatic carbocycles. The van der Waals surface area contributed by atoms with E-state index in [-0.39, 0.29) is 5.78 Å². The van der Waals surface area contributed by atoms with E-state index in [0.29, 0.717) is 22.6 Å². The third kappa shape index (κ3) is 2.18. The van der Waals surface area contributed by atoms with E-state index < -0.39 is 5.92 Å². The van der Waals surface area contributed by atoms with Crippen molar-refractivity contribution < 1.29 is 9.21 Å². The third-order valence-electron chi connectivity index (χ3n) is 2.83. The van der Waals surface area contributed by atoms with Crippen molar-refractivity contribution in [2.45, 2.75) is 19.8 Å². The molecule has 1 heterocycles. The summed E-state index contributed by atoms with van der Waals surface area (Å²) in [7, 11) is 0. The van der Waals surface area contributed by atoms with Crippen LogP contribution in [-0.4, -0.2) is 5.78 Å². The summed E-state index contributed by atoms with van der Waals surface area (Å²) in [5, 5.41) is 9.21. The highest BCUT2D eigenvalue weighted by atomic mass is 16.3. The molecule has 0 N–H and O–H groups in total. The Bertz CT molecular complexity index is 605. The van der Waals surface area contributed by atoms with Gasteiger partial charge in [-0.05, 0) is 25.5 Å². The number of furan rings is 1. The second-order valence-electron chi connectivity index (χ2n) is 4.16. The molecule has 1 unspecified atom stereocenters. The Morgan fingerprint density at radius 1 is 1.28 bits per heavy atom. The van der Waals surface area contributed by atoms with Crippen LogP contribution in [0.15, 0.2) is 40.8 Å². The van der Waals surface area contributed by atoms with Crippen molar-refractivity contribution >= 4 is 5.78 Å². The molecular weight excluding hydrogens is 226 g/mol. The number of hydrogen-bond acceptors (Lipinski definition) is 3. The Hall–Kier alpha value is -2.34. The van der Waals surface area contributed by atoms with Crippen LogP contribution >= 0.6 is 0 Å². The fourth-order valence-corrected chi connectivity index (χ4v) is 1.96. The molecule has 0 bridgehead atoms. The van der Waals surface area contributed by atoms with Crippen LogP contribution in [0.3, 0.4) is 0 Å². The Labute approximate surface area is 106 Å². The van der Waals surface area contributed by atoms with E-state index in [4.69, 9.17) is 4.42 Å². The van der Waals surface area contributed by atoms with E-state index in [2.05, 4.69) is 6.07 Å². The van der Waals surface area contributed by atoms with Gasteiger partial charge >= 0.3 is 0 Å². The minimum Gasteiger partial charge on any atom is -0.466 e. The fraction of sp³-hybridized carbons (Fsp3) is 0.200. The Kier molecular flexibility index (Phi) is 3.29. The first kappa shape index (κ1) is 12.1. The van der Waals surface area contributed by atoms with Gasteiger partial charge in [0.25, 0.3) is 0 Å². The summed E-state index contributed by atoms with van der Waals surface area (Å²) in [4.78, 5) is 12.3. The van der Waals surface area contributed by atoms with Gasteiger partial charge in [0.15, 0.2) is 5.78 Å². The van der Waals surface area contributed by atoms with E-state index in [9.17, 15) is 10.1 Å². The van der Waals surface area contributed by atoms with Gasteiger partial charge in [0, 0.05) is 0 Å². The molecule has 90 valence electrons. The van der Waals surface area contributed by atoms with Crippen molar-refractivity contribution in [3.8, 4) is 6.07 Å². The topological polar surface area (TPSA) is 54.0 Å². The number of hydrogen-bond donors (Lipinski definition) is 0. The van der Waals surface area contributed by atoms with Crippen molar-refractivity contribution in [1.29, 1.82) is 5.26 Å². The standard InChI is InChI=1S/C15H13NO2/c1-10-8-13(11(2)18-10)15(17)14(9-16)12-6-4-3-5-7-12/h3-8,14H,1-2H3. The minimum absolute atomic E-state index is 0.210. The molecule has 0 spiro atoms. The van der Waals surface area contributed by atoms with Gasteiger partial charge in [-0.15, -0.1) is 0 Å². The second-order valence-corrected chi connectivity index (χ2v) is 4.16. The number of nitrogens with zero attached hydrogens (tertiary/aromatic N) is 1. The largest absolute Gasteiger partial charge is 0.466 e. The predicted octanol–water partition coefficient (Wildman–Crippen LogP) is 3.39. The van der Waals surface area contributed by atoms with Crippen LogP contribution in [0.25, 0.3) is 0 Å². The first-order chi connectivity index (χ1) is 8.63. The molecule has 0 saturated heterocycles. The summed E-state index contributed by atoms with van der Waals surface area (Å²) in [6.07, 6.45) is 0. The predicted molar refractivity (Wildman–Crippen MR) is 67.3 cm³/mol. The minimum atomic E-state index is -0.776. The number of carbonyl (C=O) groups excluding carboxylic acids is 1. The number of carbonyl (C=O) groups is 1. The van der Waals surface area contributed by atoms with Gasteiger partial charge in [-0.3, -0.25) is 4.79 Å². The molecule has 18 heavy (non-hydrogen) atoms. The highest BCUT2D eigenvalue weighted by Crippen LogP contribution is 2.24. The summed E-state index contributed by atoms with van der Waals surface area (Å²) in [5.74, 6) is 0.259. The third-order valence-corrected chi connectivity index (χ3v) is 2.83. The summed E-state index contributed by atoms with van der Waals surface area (Å²) in [6, 6.07) is 12.8. The van der Waals surface area contributed by atoms with Gasteiger partial charge in [-0.1, -0.05) is 30.3 Å². The Morgan fingerprint density at radius 2 is 1.94 bits per heavy atom. The van der Waals surface area contributed by atoms with E-state index >= 15 is 0 Å². The molecule has 0 radical (unpaired) electrons. The van der Waals surface area contributed by atoms with Crippen molar-refractivity contribution in [2.24, 2.45) is 0 Å². The number of aryl methyl sites for hydroxylation is 2. The number of Topliss-reactive ketones (excluding diaryl/α,β-unsaturated/α-hetero) is 1.